The highest BCUT2D eigenvalue weighted by molar-refractivity contribution is 7.84. The Morgan fingerprint density at radius 3 is 2.80 bits per heavy atom. The van der Waals surface area contributed by atoms with Crippen molar-refractivity contribution in [2.45, 2.75) is 25.5 Å². The third-order valence-electron chi connectivity index (χ3n) is 3.03. The van der Waals surface area contributed by atoms with Gasteiger partial charge in [0.1, 0.15) is 0 Å². The van der Waals surface area contributed by atoms with Crippen LogP contribution in [0.4, 0.5) is 0 Å². The van der Waals surface area contributed by atoms with Gasteiger partial charge in [0.05, 0.1) is 5.41 Å². The Morgan fingerprint density at radius 1 is 1.67 bits per heavy atom. The number of rotatable bonds is 4. The van der Waals surface area contributed by atoms with Crippen molar-refractivity contribution in [2.24, 2.45) is 5.41 Å². The monoisotopic (exact) mass is 232 g/mol. The summed E-state index contributed by atoms with van der Waals surface area (Å²) in [7, 11) is -0.872. The van der Waals surface area contributed by atoms with Gasteiger partial charge in [0.25, 0.3) is 0 Å². The molecule has 0 saturated carbocycles. The van der Waals surface area contributed by atoms with Crippen molar-refractivity contribution in [2.75, 3.05) is 25.9 Å². The second-order valence-corrected chi connectivity index (χ2v) is 6.31. The van der Waals surface area contributed by atoms with E-state index in [4.69, 9.17) is 0 Å². The topological polar surface area (TPSA) is 58.2 Å². The number of hydrogen-bond donors (Lipinski definition) is 2. The highest BCUT2D eigenvalue weighted by atomic mass is 32.2. The van der Waals surface area contributed by atoms with E-state index in [1.165, 1.54) is 0 Å². The zero-order valence-corrected chi connectivity index (χ0v) is 10.4. The van der Waals surface area contributed by atoms with Crippen LogP contribution in [0.1, 0.15) is 20.3 Å². The summed E-state index contributed by atoms with van der Waals surface area (Å²) in [6.45, 7) is 5.99. The van der Waals surface area contributed by atoms with E-state index >= 15 is 0 Å². The van der Waals surface area contributed by atoms with Crippen molar-refractivity contribution in [3.05, 3.63) is 0 Å². The molecule has 0 aromatic rings. The van der Waals surface area contributed by atoms with E-state index in [0.29, 0.717) is 6.54 Å². The fourth-order valence-corrected chi connectivity index (χ4v) is 1.90. The van der Waals surface area contributed by atoms with Gasteiger partial charge in [-0.15, -0.1) is 0 Å². The Bertz CT molecular complexity index is 262. The molecule has 0 aliphatic carbocycles. The predicted molar refractivity (Wildman–Crippen MR) is 62.1 cm³/mol. The molecule has 2 N–H and O–H groups in total. The maximum atomic E-state index is 11.8. The number of nitrogens with one attached hydrogen (secondary N) is 2. The maximum Gasteiger partial charge on any atom is 0.227 e. The first-order valence-corrected chi connectivity index (χ1v) is 6.89. The summed E-state index contributed by atoms with van der Waals surface area (Å²) in [4.78, 5) is 11.8. The van der Waals surface area contributed by atoms with Gasteiger partial charge in [-0.3, -0.25) is 9.00 Å². The molecule has 1 amide bonds. The van der Waals surface area contributed by atoms with Gasteiger partial charge in [0.2, 0.25) is 5.91 Å². The third-order valence-corrected chi connectivity index (χ3v) is 4.33. The molecule has 0 radical (unpaired) electrons. The molecule has 0 aromatic heterocycles. The Balaban J connectivity index is 2.39. The lowest BCUT2D eigenvalue weighted by molar-refractivity contribution is -0.129. The molecule has 5 heteroatoms. The van der Waals surface area contributed by atoms with Crippen LogP contribution in [0.3, 0.4) is 0 Å². The SMILES string of the molecule is CC(CNC(=O)C1(C)CCNC1)S(C)=O. The van der Waals surface area contributed by atoms with Crippen molar-refractivity contribution in [1.82, 2.24) is 10.6 Å². The lowest BCUT2D eigenvalue weighted by Gasteiger charge is -2.22. The molecule has 1 saturated heterocycles. The Hall–Kier alpha value is -0.420. The predicted octanol–water partition coefficient (Wildman–Crippen LogP) is -0.131. The third kappa shape index (κ3) is 3.28. The molecular weight excluding hydrogens is 212 g/mol. The van der Waals surface area contributed by atoms with Crippen molar-refractivity contribution < 1.29 is 9.00 Å². The van der Waals surface area contributed by atoms with Crippen LogP contribution >= 0.6 is 0 Å². The molecular formula is C10H20N2O2S. The van der Waals surface area contributed by atoms with Gasteiger partial charge >= 0.3 is 0 Å². The van der Waals surface area contributed by atoms with Crippen LogP contribution in [-0.4, -0.2) is 41.3 Å². The Kier molecular flexibility index (Phi) is 4.28. The molecule has 0 spiro atoms. The van der Waals surface area contributed by atoms with Crippen LogP contribution in [0.2, 0.25) is 0 Å². The van der Waals surface area contributed by atoms with Gasteiger partial charge in [0, 0.05) is 35.4 Å². The second kappa shape index (κ2) is 5.07. The molecule has 0 aromatic carbocycles. The van der Waals surface area contributed by atoms with Crippen molar-refractivity contribution in [1.29, 1.82) is 0 Å². The molecule has 1 heterocycles. The zero-order valence-electron chi connectivity index (χ0n) is 9.63. The first kappa shape index (κ1) is 12.6. The summed E-state index contributed by atoms with van der Waals surface area (Å²) in [6, 6.07) is 0. The number of hydrogen-bond acceptors (Lipinski definition) is 3. The lowest BCUT2D eigenvalue weighted by Crippen LogP contribution is -2.43. The minimum absolute atomic E-state index is 0.0203. The average molecular weight is 232 g/mol. The maximum absolute atomic E-state index is 11.8. The molecule has 1 aliphatic heterocycles. The highest BCUT2D eigenvalue weighted by Crippen LogP contribution is 2.24. The summed E-state index contributed by atoms with van der Waals surface area (Å²) in [5, 5.41) is 6.08. The molecule has 1 fully saturated rings. The van der Waals surface area contributed by atoms with Gasteiger partial charge in [0.15, 0.2) is 0 Å². The number of carbonyl (C=O) groups is 1. The Morgan fingerprint density at radius 2 is 2.33 bits per heavy atom. The highest BCUT2D eigenvalue weighted by Gasteiger charge is 2.36. The van der Waals surface area contributed by atoms with E-state index in [0.717, 1.165) is 19.5 Å². The molecule has 15 heavy (non-hydrogen) atoms. The van der Waals surface area contributed by atoms with Gasteiger partial charge in [-0.25, -0.2) is 0 Å². The average Bonchev–Trinajstić information content (AvgIpc) is 2.62. The van der Waals surface area contributed by atoms with Crippen molar-refractivity contribution in [3.63, 3.8) is 0 Å². The minimum atomic E-state index is -0.872. The van der Waals surface area contributed by atoms with E-state index in [2.05, 4.69) is 10.6 Å². The standard InChI is InChI=1S/C10H20N2O2S/c1-8(15(3)14)6-12-9(13)10(2)4-5-11-7-10/h8,11H,4-7H2,1-3H3,(H,12,13). The Labute approximate surface area is 93.7 Å². The number of amides is 1. The largest absolute Gasteiger partial charge is 0.354 e. The second-order valence-electron chi connectivity index (χ2n) is 4.51. The van der Waals surface area contributed by atoms with Gasteiger partial charge < -0.3 is 10.6 Å². The van der Waals surface area contributed by atoms with Gasteiger partial charge in [-0.2, -0.15) is 0 Å². The molecule has 1 rings (SSSR count). The first-order valence-electron chi connectivity index (χ1n) is 5.27. The normalized spacial score (nSPS) is 29.8. The lowest BCUT2D eigenvalue weighted by atomic mass is 9.89. The summed E-state index contributed by atoms with van der Waals surface area (Å²) < 4.78 is 11.1. The fourth-order valence-electron chi connectivity index (χ4n) is 1.58. The van der Waals surface area contributed by atoms with Crippen LogP contribution in [0.5, 0.6) is 0 Å². The molecule has 4 nitrogen and oxygen atoms in total. The molecule has 0 bridgehead atoms. The molecule has 1 aliphatic rings. The van der Waals surface area contributed by atoms with Crippen LogP contribution in [0.15, 0.2) is 0 Å². The summed E-state index contributed by atoms with van der Waals surface area (Å²) in [5.41, 5.74) is -0.283. The van der Waals surface area contributed by atoms with Crippen molar-refractivity contribution >= 4 is 16.7 Å². The van der Waals surface area contributed by atoms with Gasteiger partial charge in [-0.05, 0) is 26.8 Å². The zero-order chi connectivity index (χ0) is 11.5. The van der Waals surface area contributed by atoms with Gasteiger partial charge in [-0.1, -0.05) is 0 Å². The van der Waals surface area contributed by atoms with E-state index < -0.39 is 10.8 Å². The summed E-state index contributed by atoms with van der Waals surface area (Å²) in [5.74, 6) is 0.0739. The molecule has 3 unspecified atom stereocenters. The minimum Gasteiger partial charge on any atom is -0.354 e. The molecule has 88 valence electrons. The first-order chi connectivity index (χ1) is 6.96. The number of carbonyl (C=O) groups excluding carboxylic acids is 1. The smallest absolute Gasteiger partial charge is 0.227 e. The van der Waals surface area contributed by atoms with Crippen LogP contribution in [0, 0.1) is 5.41 Å². The van der Waals surface area contributed by atoms with Crippen molar-refractivity contribution in [3.8, 4) is 0 Å². The summed E-state index contributed by atoms with van der Waals surface area (Å²) in [6.07, 6.45) is 2.54. The van der Waals surface area contributed by atoms with Crippen LogP contribution in [-0.2, 0) is 15.6 Å². The van der Waals surface area contributed by atoms with Crippen LogP contribution in [0.25, 0.3) is 0 Å². The fraction of sp³-hybridized carbons (Fsp3) is 0.900. The molecule has 3 atom stereocenters. The quantitative estimate of drug-likeness (QED) is 0.710. The van der Waals surface area contributed by atoms with E-state index in [9.17, 15) is 9.00 Å². The van der Waals surface area contributed by atoms with E-state index in [1.807, 2.05) is 13.8 Å². The summed E-state index contributed by atoms with van der Waals surface area (Å²) >= 11 is 0. The van der Waals surface area contributed by atoms with E-state index in [-0.39, 0.29) is 16.6 Å². The van der Waals surface area contributed by atoms with Crippen LogP contribution < -0.4 is 10.6 Å². The van der Waals surface area contributed by atoms with E-state index in [1.54, 1.807) is 6.26 Å².